The van der Waals surface area contributed by atoms with Gasteiger partial charge >= 0.3 is 209 Å². The number of ether oxygens (including phenoxy) is 11. The molecule has 0 unspecified atom stereocenters. The van der Waals surface area contributed by atoms with Crippen LogP contribution >= 0.6 is 69.2 Å². The van der Waals surface area contributed by atoms with Gasteiger partial charge in [0.1, 0.15) is 11.5 Å². The van der Waals surface area contributed by atoms with Gasteiger partial charge in [-0.15, -0.1) is 24.0 Å². The number of furan rings is 2. The van der Waals surface area contributed by atoms with E-state index in [4.69, 9.17) is 60.9 Å². The Hall–Kier alpha value is -4.90. The zero-order chi connectivity index (χ0) is 67.9. The third-order valence-electron chi connectivity index (χ3n) is 11.8. The number of fused-ring (bicyclic) bond motifs is 2. The summed E-state index contributed by atoms with van der Waals surface area (Å²) in [5.41, 5.74) is 4.89. The Kier molecular flexibility index (Phi) is 48.1. The van der Waals surface area contributed by atoms with Gasteiger partial charge < -0.3 is 47.0 Å². The van der Waals surface area contributed by atoms with Crippen LogP contribution in [0.25, 0.3) is 44.8 Å². The maximum Gasteiger partial charge on any atom is 0.235 e. The third-order valence-corrected chi connectivity index (χ3v) is 19.4. The van der Waals surface area contributed by atoms with Gasteiger partial charge in [-0.05, 0) is 112 Å². The van der Waals surface area contributed by atoms with Gasteiger partial charge in [-0.3, -0.25) is 4.70 Å². The Labute approximate surface area is 655 Å². The van der Waals surface area contributed by atoms with Crippen molar-refractivity contribution in [3.8, 4) is 98.8 Å². The molecule has 0 aliphatic rings. The summed E-state index contributed by atoms with van der Waals surface area (Å²) in [6, 6.07) is 43.6. The van der Waals surface area contributed by atoms with Crippen LogP contribution in [0.15, 0.2) is 148 Å². The summed E-state index contributed by atoms with van der Waals surface area (Å²) in [4.78, 5) is 42.3. The number of aromatic nitrogens is 5. The Balaban J connectivity index is -0.00000113. The molecule has 26 heteroatoms. The summed E-state index contributed by atoms with van der Waals surface area (Å²) in [5, 5.41) is 2.09. The zero-order valence-corrected chi connectivity index (χ0v) is 75.1. The van der Waals surface area contributed by atoms with Crippen molar-refractivity contribution < 1.29 is 91.0 Å². The second-order valence-corrected chi connectivity index (χ2v) is 54.8. The Morgan fingerprint density at radius 3 is 1.16 bits per heavy atom. The van der Waals surface area contributed by atoms with Gasteiger partial charge in [0.25, 0.3) is 0 Å². The van der Waals surface area contributed by atoms with Crippen LogP contribution in [-0.2, 0) is 0 Å². The molecular weight excluding hydrogens is 2010 g/mol. The van der Waals surface area contributed by atoms with Crippen LogP contribution < -0.4 is 79.7 Å². The summed E-state index contributed by atoms with van der Waals surface area (Å²) in [6.45, 7) is 0. The van der Waals surface area contributed by atoms with Gasteiger partial charge in [-0.25, -0.2) is 0 Å². The van der Waals surface area contributed by atoms with Gasteiger partial charge in [-0.2, -0.15) is 19.9 Å². The van der Waals surface area contributed by atoms with Crippen LogP contribution in [-0.4, -0.2) is 161 Å². The normalized spacial score (nSPS) is 9.65. The minimum absolute atomic E-state index is 0. The molecule has 18 nitrogen and oxygen atoms in total. The summed E-state index contributed by atoms with van der Waals surface area (Å²) < 4.78 is 71.1. The van der Waals surface area contributed by atoms with Gasteiger partial charge in [0.15, 0.2) is 5.76 Å². The molecule has 0 saturated carbocycles. The first-order valence-electron chi connectivity index (χ1n) is 28.5. The maximum absolute atomic E-state index is 6.15. The number of nitrogens with zero attached hydrogens (tertiary/aromatic N) is 5. The molecule has 530 valence electrons. The van der Waals surface area contributed by atoms with Crippen LogP contribution in [0.2, 0.25) is 44.5 Å². The molecule has 0 fully saturated rings. The molecule has 10 rings (SSSR count). The van der Waals surface area contributed by atoms with Crippen molar-refractivity contribution in [3.05, 3.63) is 158 Å². The summed E-state index contributed by atoms with van der Waals surface area (Å²) in [6.07, 6.45) is 0. The molecule has 2 radical (unpaired) electrons. The van der Waals surface area contributed by atoms with Crippen LogP contribution in [0.4, 0.5) is 4.70 Å². The van der Waals surface area contributed by atoms with Gasteiger partial charge in [0.05, 0.1) is 82.1 Å². The van der Waals surface area contributed by atoms with E-state index in [9.17, 15) is 0 Å². The predicted molar refractivity (Wildman–Crippen MR) is 427 cm³/mol. The van der Waals surface area contributed by atoms with E-state index in [2.05, 4.69) is 132 Å². The van der Waals surface area contributed by atoms with Crippen molar-refractivity contribution >= 4 is 153 Å². The van der Waals surface area contributed by atoms with Gasteiger partial charge in [0.2, 0.25) is 70.9 Å². The van der Waals surface area contributed by atoms with E-state index in [1.165, 1.54) is 3.58 Å². The van der Waals surface area contributed by atoms with Crippen LogP contribution in [0.1, 0.15) is 27.4 Å². The smallest absolute Gasteiger partial charge is 0 e. The summed E-state index contributed by atoms with van der Waals surface area (Å²) in [5.74, 6) is 14.7. The molecule has 0 saturated heterocycles. The average Bonchev–Trinajstić information content (AvgIpc) is 1.61. The molecule has 7 heterocycles. The largest absolute Gasteiger partial charge is 0.235 e. The molecule has 3 aromatic carbocycles. The second kappa shape index (κ2) is 49.6. The first-order chi connectivity index (χ1) is 44.0. The number of hydrogen-bond acceptors (Lipinski definition) is 18. The molecule has 0 aliphatic carbocycles. The van der Waals surface area contributed by atoms with Crippen molar-refractivity contribution in [1.29, 1.82) is 0 Å². The van der Waals surface area contributed by atoms with E-state index >= 15 is 0 Å². The van der Waals surface area contributed by atoms with E-state index in [1.54, 1.807) is 102 Å². The Bertz CT molecular complexity index is 3890. The quantitative estimate of drug-likeness (QED) is 0.0566. The average molecular weight is 2110 g/mol. The van der Waals surface area contributed by atoms with Crippen LogP contribution in [0, 0.1) is 19.0 Å². The first-order valence-corrected chi connectivity index (χ1v) is 57.8. The van der Waals surface area contributed by atoms with Crippen LogP contribution in [0.5, 0.6) is 64.3 Å². The molecule has 0 atom stereocenters. The van der Waals surface area contributed by atoms with Crippen molar-refractivity contribution in [2.75, 3.05) is 78.2 Å². The standard InChI is InChI=1S/C16H15NO3.C15H12INO3.C15H12NO3.C7H8INO2.C7H9NO2.2CH4.9CH3.FH.H2I.HI.3Sn.H2/c1-18-14-9-5-12(6-10-14)4-7-13-8-11-15(19-2)17-16(13)20-3;1-18-10-5-3-9(4-6-10)14-13(16)11-7-8-12(19-2)17-15(11)20-14;1-17-12-6-3-10(4-7-12)13-9-11-5-8-14(18-2)16-15(11)19-13;1-10-6-4-3-5(8)7(9-6)11-2;1-9-6-4-3-5-7(8-6)10-2;;;;;;;;;;;;;;;;;;/h5-6,8-11H,1-3H3;3-8H,1-2H3;3-8H,1-2H3;3-4H,1-2H3;3-5H,1-2H3;2*1H4;9*1H3;1H;1H2;1H;;;;1H/q;;;;;;;;;;;;;;;;;+1;;;;;. The number of halogens is 5. The minimum atomic E-state index is -2.42. The molecule has 10 aromatic rings. The summed E-state index contributed by atoms with van der Waals surface area (Å²) in [7, 11) is 17.6. The topological polar surface area (TPSA) is 192 Å². The van der Waals surface area contributed by atoms with E-state index in [1.807, 2.05) is 109 Å². The van der Waals surface area contributed by atoms with Crippen molar-refractivity contribution in [2.24, 2.45) is 0 Å². The molecule has 0 aliphatic heterocycles. The number of pyridine rings is 5. The fraction of sp³-hybridized carbons (Fsp3) is 0.310. The molecule has 7 aromatic heterocycles. The maximum atomic E-state index is 6.15. The molecule has 0 spiro atoms. The van der Waals surface area contributed by atoms with Gasteiger partial charge in [0, 0.05) is 42.9 Å². The Morgan fingerprint density at radius 2 is 0.753 bits per heavy atom. The predicted octanol–water partition coefficient (Wildman–Crippen LogP) is 15.0. The number of benzene rings is 3. The fourth-order valence-corrected chi connectivity index (χ4v) is 14.3. The first kappa shape index (κ1) is 94.2. The monoisotopic (exact) mass is 2110 g/mol. The molecule has 0 amide bonds. The fourth-order valence-electron chi connectivity index (χ4n) is 7.63. The minimum Gasteiger partial charge on any atom is 0 e. The van der Waals surface area contributed by atoms with E-state index in [-0.39, 0.29) is 68.9 Å². The summed E-state index contributed by atoms with van der Waals surface area (Å²) >= 11 is 0.912. The molecular formula is C71H97FI4N5O13Sn3+. The van der Waals surface area contributed by atoms with E-state index < -0.39 is 57.9 Å². The zero-order valence-electron chi connectivity index (χ0n) is 57.3. The molecule has 0 bridgehead atoms. The number of hydrogen-bond donors (Lipinski definition) is 0. The Morgan fingerprint density at radius 1 is 0.402 bits per heavy atom. The van der Waals surface area contributed by atoms with Gasteiger partial charge in [-0.1, -0.05) is 32.8 Å². The second-order valence-electron chi connectivity index (χ2n) is 21.1. The van der Waals surface area contributed by atoms with Crippen molar-refractivity contribution in [2.45, 2.75) is 59.3 Å². The van der Waals surface area contributed by atoms with E-state index in [0.29, 0.717) is 64.0 Å². The van der Waals surface area contributed by atoms with Crippen LogP contribution in [0.3, 0.4) is 0 Å². The SMILES string of the molecule is C.C.COc1ccc(-c2oc3nc(OC)ccc3[c]2[Sn]([CH3])([CH3])[CH3])cc1.COc1ccc(-c2oc3nc(OC)ccc3c2I)cc1.COc1ccc(C#Cc2ccc(OC)nc2OC)cc1.COc1ccc(I)c(OC)n1.COc1cccc(OC)n1.F.I.[CH3][Sn]([CH3])[CH3].[CH3][Sn]([CH3])[CH3].[HH].[IH2+]. The molecule has 0 N–H and O–H groups in total. The number of methoxy groups -OCH3 is 11. The van der Waals surface area contributed by atoms with Crippen molar-refractivity contribution in [1.82, 2.24) is 24.9 Å². The number of rotatable bonds is 14. The van der Waals surface area contributed by atoms with Crippen molar-refractivity contribution in [3.63, 3.8) is 0 Å². The van der Waals surface area contributed by atoms with E-state index in [0.717, 1.165) is 63.4 Å². The third kappa shape index (κ3) is 31.3. The molecule has 97 heavy (non-hydrogen) atoms.